The zero-order valence-corrected chi connectivity index (χ0v) is 23.8. The van der Waals surface area contributed by atoms with E-state index in [0.717, 1.165) is 12.5 Å². The minimum Gasteiger partial charge on any atom is -0.462 e. The van der Waals surface area contributed by atoms with Crippen molar-refractivity contribution in [3.8, 4) is 0 Å². The van der Waals surface area contributed by atoms with Crippen LogP contribution in [0.5, 0.6) is 0 Å². The van der Waals surface area contributed by atoms with E-state index >= 15 is 0 Å². The fourth-order valence-electron chi connectivity index (χ4n) is 3.43. The molecule has 2 unspecified atom stereocenters. The van der Waals surface area contributed by atoms with Crippen LogP contribution < -0.4 is 0 Å². The number of aliphatic hydroxyl groups is 1. The molecule has 0 saturated heterocycles. The Labute approximate surface area is 213 Å². The van der Waals surface area contributed by atoms with Crippen LogP contribution in [0.25, 0.3) is 0 Å². The molecule has 0 spiro atoms. The molecule has 0 saturated carbocycles. The number of rotatable bonds is 15. The van der Waals surface area contributed by atoms with Crippen LogP contribution in [-0.2, 0) is 28.6 Å². The van der Waals surface area contributed by atoms with Crippen molar-refractivity contribution in [2.45, 2.75) is 114 Å². The third-order valence-electron chi connectivity index (χ3n) is 7.51. The second-order valence-corrected chi connectivity index (χ2v) is 12.5. The average molecular weight is 499 g/mol. The summed E-state index contributed by atoms with van der Waals surface area (Å²) in [6.45, 7) is 24.0. The maximum absolute atomic E-state index is 12.8. The molecule has 0 amide bonds. The first-order valence-electron chi connectivity index (χ1n) is 12.6. The number of hydrogen-bond donors (Lipinski definition) is 1. The Bertz CT molecular complexity index is 713. The number of esters is 3. The van der Waals surface area contributed by atoms with Crippen molar-refractivity contribution in [3.05, 3.63) is 12.7 Å². The average Bonchev–Trinajstić information content (AvgIpc) is 2.73. The standard InChI is InChI=1S/C28H50O7/c1-12-22(30)33-16-17-34-23(31)14-15-24(32)35-21(19-26(6,7)13-2)28(10,11)27(8,9)18-20(29)25(3,4)5/h12,20-21,29H,1,13-19H2,2-11H3. The Hall–Kier alpha value is -1.89. The largest absolute Gasteiger partial charge is 0.462 e. The fourth-order valence-corrected chi connectivity index (χ4v) is 3.43. The van der Waals surface area contributed by atoms with Crippen LogP contribution in [0.15, 0.2) is 12.7 Å². The van der Waals surface area contributed by atoms with Crippen molar-refractivity contribution in [2.24, 2.45) is 21.7 Å². The van der Waals surface area contributed by atoms with Gasteiger partial charge in [0.1, 0.15) is 19.3 Å². The summed E-state index contributed by atoms with van der Waals surface area (Å²) in [5.41, 5.74) is -1.09. The second-order valence-electron chi connectivity index (χ2n) is 12.5. The highest BCUT2D eigenvalue weighted by Gasteiger charge is 2.48. The van der Waals surface area contributed by atoms with Crippen LogP contribution in [0.4, 0.5) is 0 Å². The van der Waals surface area contributed by atoms with Crippen LogP contribution >= 0.6 is 0 Å². The van der Waals surface area contributed by atoms with Crippen LogP contribution in [0.3, 0.4) is 0 Å². The monoisotopic (exact) mass is 498 g/mol. The van der Waals surface area contributed by atoms with Crippen molar-refractivity contribution >= 4 is 17.9 Å². The van der Waals surface area contributed by atoms with Crippen molar-refractivity contribution in [3.63, 3.8) is 0 Å². The summed E-state index contributed by atoms with van der Waals surface area (Å²) in [7, 11) is 0. The Kier molecular flexibility index (Phi) is 12.7. The van der Waals surface area contributed by atoms with E-state index < -0.39 is 35.5 Å². The first-order chi connectivity index (χ1) is 15.8. The summed E-state index contributed by atoms with van der Waals surface area (Å²) in [6, 6.07) is 0. The van der Waals surface area contributed by atoms with Gasteiger partial charge in [-0.1, -0.05) is 82.2 Å². The summed E-state index contributed by atoms with van der Waals surface area (Å²) in [5.74, 6) is -1.61. The Morgan fingerprint density at radius 1 is 0.857 bits per heavy atom. The number of carbonyl (C=O) groups is 3. The van der Waals surface area contributed by atoms with Gasteiger partial charge < -0.3 is 19.3 Å². The van der Waals surface area contributed by atoms with E-state index in [-0.39, 0.29) is 42.3 Å². The zero-order chi connectivity index (χ0) is 27.7. The highest BCUT2D eigenvalue weighted by atomic mass is 16.6. The lowest BCUT2D eigenvalue weighted by Crippen LogP contribution is -2.49. The molecule has 0 fully saturated rings. The molecule has 7 heteroatoms. The number of hydrogen-bond acceptors (Lipinski definition) is 7. The van der Waals surface area contributed by atoms with Gasteiger partial charge in [-0.15, -0.1) is 0 Å². The van der Waals surface area contributed by atoms with Gasteiger partial charge in [-0.25, -0.2) is 4.79 Å². The highest BCUT2D eigenvalue weighted by Crippen LogP contribution is 2.50. The SMILES string of the molecule is C=CC(=O)OCCOC(=O)CCC(=O)OC(CC(C)(C)CC)C(C)(C)C(C)(C)CC(O)C(C)(C)C. The van der Waals surface area contributed by atoms with Crippen LogP contribution in [0.2, 0.25) is 0 Å². The minimum atomic E-state index is -0.591. The molecule has 0 aromatic carbocycles. The first-order valence-corrected chi connectivity index (χ1v) is 12.6. The van der Waals surface area contributed by atoms with Gasteiger partial charge in [-0.2, -0.15) is 0 Å². The molecule has 0 aliphatic rings. The molecule has 0 heterocycles. The summed E-state index contributed by atoms with van der Waals surface area (Å²) in [5, 5.41) is 10.8. The maximum Gasteiger partial charge on any atom is 0.330 e. The molecule has 7 nitrogen and oxygen atoms in total. The summed E-state index contributed by atoms with van der Waals surface area (Å²) >= 11 is 0. The summed E-state index contributed by atoms with van der Waals surface area (Å²) < 4.78 is 15.8. The van der Waals surface area contributed by atoms with E-state index in [1.54, 1.807) is 0 Å². The van der Waals surface area contributed by atoms with Gasteiger partial charge in [0, 0.05) is 11.5 Å². The van der Waals surface area contributed by atoms with Crippen molar-refractivity contribution in [2.75, 3.05) is 13.2 Å². The zero-order valence-electron chi connectivity index (χ0n) is 23.8. The van der Waals surface area contributed by atoms with Gasteiger partial charge in [0.25, 0.3) is 0 Å². The van der Waals surface area contributed by atoms with E-state index in [9.17, 15) is 19.5 Å². The molecular weight excluding hydrogens is 448 g/mol. The molecule has 0 aromatic rings. The van der Waals surface area contributed by atoms with Crippen LogP contribution in [0, 0.1) is 21.7 Å². The van der Waals surface area contributed by atoms with Gasteiger partial charge in [0.15, 0.2) is 0 Å². The molecule has 0 aliphatic carbocycles. The molecular formula is C28H50O7. The predicted molar refractivity (Wildman–Crippen MR) is 138 cm³/mol. The number of aliphatic hydroxyl groups excluding tert-OH is 1. The maximum atomic E-state index is 12.8. The van der Waals surface area contributed by atoms with Crippen LogP contribution in [0.1, 0.15) is 101 Å². The van der Waals surface area contributed by atoms with E-state index in [4.69, 9.17) is 14.2 Å². The van der Waals surface area contributed by atoms with Crippen molar-refractivity contribution in [1.82, 2.24) is 0 Å². The van der Waals surface area contributed by atoms with Gasteiger partial charge >= 0.3 is 17.9 Å². The Balaban J connectivity index is 5.30. The number of carbonyl (C=O) groups excluding carboxylic acids is 3. The Morgan fingerprint density at radius 3 is 1.86 bits per heavy atom. The van der Waals surface area contributed by atoms with Gasteiger partial charge in [0.05, 0.1) is 18.9 Å². The molecule has 204 valence electrons. The normalized spacial score (nSPS) is 14.6. The van der Waals surface area contributed by atoms with Crippen molar-refractivity contribution in [1.29, 1.82) is 0 Å². The first kappa shape index (κ1) is 33.1. The van der Waals surface area contributed by atoms with E-state index in [1.807, 2.05) is 20.8 Å². The molecule has 0 rings (SSSR count). The summed E-state index contributed by atoms with van der Waals surface area (Å²) in [4.78, 5) is 35.8. The third kappa shape index (κ3) is 11.6. The molecule has 0 aliphatic heterocycles. The summed E-state index contributed by atoms with van der Waals surface area (Å²) in [6.07, 6.45) is 2.05. The smallest absolute Gasteiger partial charge is 0.330 e. The van der Waals surface area contributed by atoms with Gasteiger partial charge in [-0.3, -0.25) is 9.59 Å². The van der Waals surface area contributed by atoms with E-state index in [2.05, 4.69) is 55.0 Å². The van der Waals surface area contributed by atoms with Gasteiger partial charge in [-0.05, 0) is 29.1 Å². The second kappa shape index (κ2) is 13.4. The Morgan fingerprint density at radius 2 is 1.37 bits per heavy atom. The van der Waals surface area contributed by atoms with Crippen molar-refractivity contribution < 1.29 is 33.7 Å². The van der Waals surface area contributed by atoms with Gasteiger partial charge in [0.2, 0.25) is 0 Å². The third-order valence-corrected chi connectivity index (χ3v) is 7.51. The molecule has 0 radical (unpaired) electrons. The molecule has 0 aromatic heterocycles. The van der Waals surface area contributed by atoms with E-state index in [0.29, 0.717) is 12.8 Å². The minimum absolute atomic E-state index is 0.0528. The topological polar surface area (TPSA) is 99.1 Å². The molecule has 35 heavy (non-hydrogen) atoms. The lowest BCUT2D eigenvalue weighted by molar-refractivity contribution is -0.168. The van der Waals surface area contributed by atoms with Crippen LogP contribution in [-0.4, -0.2) is 48.4 Å². The highest BCUT2D eigenvalue weighted by molar-refractivity contribution is 5.81. The quantitative estimate of drug-likeness (QED) is 0.135. The molecule has 2 atom stereocenters. The molecule has 1 N–H and O–H groups in total. The van der Waals surface area contributed by atoms with E-state index in [1.165, 1.54) is 0 Å². The molecule has 0 bridgehead atoms. The lowest BCUT2D eigenvalue weighted by Gasteiger charge is -2.50. The fraction of sp³-hybridized carbons (Fsp3) is 0.821. The predicted octanol–water partition coefficient (Wildman–Crippen LogP) is 5.63. The number of ether oxygens (including phenoxy) is 3. The lowest BCUT2D eigenvalue weighted by atomic mass is 9.59.